The second-order valence-corrected chi connectivity index (χ2v) is 7.76. The highest BCUT2D eigenvalue weighted by atomic mass is 35.5. The van der Waals surface area contributed by atoms with Crippen LogP contribution in [-0.2, 0) is 9.53 Å². The highest BCUT2D eigenvalue weighted by Crippen LogP contribution is 2.33. The van der Waals surface area contributed by atoms with E-state index in [1.54, 1.807) is 61.5 Å². The summed E-state index contributed by atoms with van der Waals surface area (Å²) in [6.07, 6.45) is 1.51. The third-order valence-electron chi connectivity index (χ3n) is 4.97. The molecule has 0 saturated heterocycles. The Balaban J connectivity index is 1.59. The van der Waals surface area contributed by atoms with E-state index in [4.69, 9.17) is 25.8 Å². The van der Waals surface area contributed by atoms with Gasteiger partial charge in [0, 0.05) is 5.69 Å². The lowest BCUT2D eigenvalue weighted by Crippen LogP contribution is -2.31. The summed E-state index contributed by atoms with van der Waals surface area (Å²) >= 11 is 6.15. The van der Waals surface area contributed by atoms with Gasteiger partial charge in [0.25, 0.3) is 11.8 Å². The molecule has 0 aliphatic carbocycles. The lowest BCUT2D eigenvalue weighted by molar-refractivity contribution is -0.113. The van der Waals surface area contributed by atoms with E-state index in [1.807, 2.05) is 0 Å². The quantitative estimate of drug-likeness (QED) is 0.367. The van der Waals surface area contributed by atoms with Crippen LogP contribution in [0.2, 0.25) is 5.02 Å². The molecule has 178 valence electrons. The van der Waals surface area contributed by atoms with Crippen molar-refractivity contribution in [2.45, 2.75) is 6.92 Å². The van der Waals surface area contributed by atoms with Crippen LogP contribution in [0.1, 0.15) is 33.2 Å². The van der Waals surface area contributed by atoms with Crippen LogP contribution in [0.25, 0.3) is 6.08 Å². The molecule has 9 heteroatoms. The van der Waals surface area contributed by atoms with Gasteiger partial charge >= 0.3 is 5.97 Å². The fraction of sp³-hybridized carbons (Fsp3) is 0.115. The fourth-order valence-corrected chi connectivity index (χ4v) is 3.49. The van der Waals surface area contributed by atoms with E-state index >= 15 is 0 Å². The van der Waals surface area contributed by atoms with Gasteiger partial charge in [-0.3, -0.25) is 9.59 Å². The molecule has 2 N–H and O–H groups in total. The molecule has 0 unspecified atom stereocenters. The van der Waals surface area contributed by atoms with Gasteiger partial charge in [-0.05, 0) is 67.1 Å². The van der Waals surface area contributed by atoms with Gasteiger partial charge in [0.1, 0.15) is 5.70 Å². The largest absolute Gasteiger partial charge is 0.462 e. The number of amides is 2. The Morgan fingerprint density at radius 1 is 1.00 bits per heavy atom. The molecule has 35 heavy (non-hydrogen) atoms. The molecule has 1 aliphatic heterocycles. The van der Waals surface area contributed by atoms with Crippen molar-refractivity contribution in [2.75, 3.05) is 18.7 Å². The smallest absolute Gasteiger partial charge is 0.338 e. The predicted molar refractivity (Wildman–Crippen MR) is 130 cm³/mol. The topological polar surface area (TPSA) is 103 Å². The summed E-state index contributed by atoms with van der Waals surface area (Å²) in [6, 6.07) is 17.9. The van der Waals surface area contributed by atoms with Crippen LogP contribution in [0.5, 0.6) is 11.5 Å². The minimum absolute atomic E-state index is 0.0248. The molecule has 0 atom stereocenters. The summed E-state index contributed by atoms with van der Waals surface area (Å²) in [5, 5.41) is 5.61. The molecule has 1 aliphatic rings. The molecular formula is C26H21ClN2O6. The van der Waals surface area contributed by atoms with Crippen LogP contribution in [0.15, 0.2) is 72.4 Å². The first-order valence-corrected chi connectivity index (χ1v) is 11.1. The molecular weight excluding hydrogens is 472 g/mol. The average Bonchev–Trinajstić information content (AvgIpc) is 3.32. The molecule has 0 saturated carbocycles. The standard InChI is InChI=1S/C26H21ClN2O6/c1-2-33-26(32)17-8-10-18(11-9-17)28-25(31)21(29-24(30)19-5-3-4-6-20(19)27)13-16-7-12-22-23(14-16)35-15-34-22/h3-14H,2,15H2,1H3,(H,28,31)(H,29,30)/b21-13-. The third-order valence-corrected chi connectivity index (χ3v) is 5.30. The summed E-state index contributed by atoms with van der Waals surface area (Å²) < 4.78 is 15.7. The lowest BCUT2D eigenvalue weighted by Gasteiger charge is -2.12. The number of halogens is 1. The first kappa shape index (κ1) is 23.8. The molecule has 2 amide bonds. The zero-order chi connectivity index (χ0) is 24.8. The fourth-order valence-electron chi connectivity index (χ4n) is 3.27. The third kappa shape index (κ3) is 5.80. The van der Waals surface area contributed by atoms with Crippen molar-refractivity contribution < 1.29 is 28.6 Å². The molecule has 0 aromatic heterocycles. The summed E-state index contributed by atoms with van der Waals surface area (Å²) in [4.78, 5) is 37.9. The van der Waals surface area contributed by atoms with Crippen LogP contribution in [0.3, 0.4) is 0 Å². The maximum Gasteiger partial charge on any atom is 0.338 e. The van der Waals surface area contributed by atoms with E-state index in [2.05, 4.69) is 10.6 Å². The van der Waals surface area contributed by atoms with Gasteiger partial charge in [0.05, 0.1) is 22.8 Å². The molecule has 1 heterocycles. The van der Waals surface area contributed by atoms with E-state index in [9.17, 15) is 14.4 Å². The zero-order valence-corrected chi connectivity index (χ0v) is 19.4. The van der Waals surface area contributed by atoms with Crippen LogP contribution in [-0.4, -0.2) is 31.2 Å². The Morgan fingerprint density at radius 3 is 2.49 bits per heavy atom. The molecule has 3 aromatic rings. The van der Waals surface area contributed by atoms with Crippen molar-refractivity contribution >= 4 is 41.1 Å². The summed E-state index contributed by atoms with van der Waals surface area (Å²) in [7, 11) is 0. The molecule has 4 rings (SSSR count). The van der Waals surface area contributed by atoms with Crippen LogP contribution < -0.4 is 20.1 Å². The minimum Gasteiger partial charge on any atom is -0.462 e. The van der Waals surface area contributed by atoms with E-state index < -0.39 is 17.8 Å². The number of esters is 1. The normalized spacial score (nSPS) is 12.1. The molecule has 3 aromatic carbocycles. The van der Waals surface area contributed by atoms with Gasteiger partial charge in [-0.1, -0.05) is 29.8 Å². The first-order chi connectivity index (χ1) is 16.9. The van der Waals surface area contributed by atoms with Crippen LogP contribution in [0.4, 0.5) is 5.69 Å². The van der Waals surface area contributed by atoms with Crippen molar-refractivity contribution in [3.63, 3.8) is 0 Å². The molecule has 8 nitrogen and oxygen atoms in total. The van der Waals surface area contributed by atoms with Crippen LogP contribution >= 0.6 is 11.6 Å². The number of benzene rings is 3. The monoisotopic (exact) mass is 492 g/mol. The van der Waals surface area contributed by atoms with Gasteiger partial charge < -0.3 is 24.8 Å². The van der Waals surface area contributed by atoms with Gasteiger partial charge in [-0.2, -0.15) is 0 Å². The molecule has 0 fully saturated rings. The van der Waals surface area contributed by atoms with E-state index in [0.29, 0.717) is 28.3 Å². The van der Waals surface area contributed by atoms with Gasteiger partial charge in [-0.25, -0.2) is 4.79 Å². The number of ether oxygens (including phenoxy) is 3. The van der Waals surface area contributed by atoms with Crippen molar-refractivity contribution in [1.29, 1.82) is 0 Å². The van der Waals surface area contributed by atoms with Gasteiger partial charge in [-0.15, -0.1) is 0 Å². The molecule has 0 radical (unpaired) electrons. The van der Waals surface area contributed by atoms with E-state index in [1.165, 1.54) is 18.2 Å². The zero-order valence-electron chi connectivity index (χ0n) is 18.7. The summed E-state index contributed by atoms with van der Waals surface area (Å²) in [5.74, 6) is -0.455. The van der Waals surface area contributed by atoms with Crippen molar-refractivity contribution in [1.82, 2.24) is 5.32 Å². The Morgan fingerprint density at radius 2 is 1.74 bits per heavy atom. The average molecular weight is 493 g/mol. The maximum absolute atomic E-state index is 13.1. The number of nitrogens with one attached hydrogen (secondary N) is 2. The number of carbonyl (C=O) groups is 3. The lowest BCUT2D eigenvalue weighted by atomic mass is 10.1. The first-order valence-electron chi connectivity index (χ1n) is 10.7. The second-order valence-electron chi connectivity index (χ2n) is 7.36. The van der Waals surface area contributed by atoms with Gasteiger partial charge in [0.2, 0.25) is 6.79 Å². The highest BCUT2D eigenvalue weighted by molar-refractivity contribution is 6.34. The number of carbonyl (C=O) groups excluding carboxylic acids is 3. The number of hydrogen-bond acceptors (Lipinski definition) is 6. The molecule has 0 bridgehead atoms. The summed E-state index contributed by atoms with van der Waals surface area (Å²) in [5.41, 5.74) is 1.58. The number of hydrogen-bond donors (Lipinski definition) is 2. The summed E-state index contributed by atoms with van der Waals surface area (Å²) in [6.45, 7) is 2.09. The van der Waals surface area contributed by atoms with Gasteiger partial charge in [0.15, 0.2) is 11.5 Å². The van der Waals surface area contributed by atoms with Crippen molar-refractivity contribution in [3.05, 3.63) is 94.1 Å². The second kappa shape index (κ2) is 10.8. The Hall–Kier alpha value is -4.30. The van der Waals surface area contributed by atoms with Crippen molar-refractivity contribution in [3.8, 4) is 11.5 Å². The maximum atomic E-state index is 13.1. The highest BCUT2D eigenvalue weighted by Gasteiger charge is 2.18. The minimum atomic E-state index is -0.577. The number of fused-ring (bicyclic) bond motifs is 1. The van der Waals surface area contributed by atoms with Crippen LogP contribution in [0, 0.1) is 0 Å². The SMILES string of the molecule is CCOC(=O)c1ccc(NC(=O)/C(=C/c2ccc3c(c2)OCO3)NC(=O)c2ccccc2Cl)cc1. The van der Waals surface area contributed by atoms with Crippen molar-refractivity contribution in [2.24, 2.45) is 0 Å². The molecule has 0 spiro atoms. The Bertz CT molecular complexity index is 1300. The van der Waals surface area contributed by atoms with E-state index in [0.717, 1.165) is 0 Å². The number of anilines is 1. The predicted octanol–water partition coefficient (Wildman–Crippen LogP) is 4.66. The Kier molecular flexibility index (Phi) is 7.32. The Labute approximate surface area is 206 Å². The number of rotatable bonds is 7. The van der Waals surface area contributed by atoms with E-state index in [-0.39, 0.29) is 29.7 Å².